The van der Waals surface area contributed by atoms with Crippen LogP contribution in [0.1, 0.15) is 0 Å². The number of rotatable bonds is 2. The molecule has 0 spiro atoms. The molecular weight excluding hydrogens is 194 g/mol. The van der Waals surface area contributed by atoms with Crippen molar-refractivity contribution in [1.82, 2.24) is 0 Å². The van der Waals surface area contributed by atoms with Gasteiger partial charge in [-0.2, -0.15) is 4.73 Å². The number of methoxy groups -OCH3 is 2. The average Bonchev–Trinajstić information content (AvgIpc) is 2.27. The molecule has 0 atom stereocenters. The van der Waals surface area contributed by atoms with E-state index in [0.29, 0.717) is 16.2 Å². The van der Waals surface area contributed by atoms with Gasteiger partial charge in [0.1, 0.15) is 0 Å². The largest absolute Gasteiger partial charge is 0.619 e. The predicted molar refractivity (Wildman–Crippen MR) is 54.8 cm³/mol. The summed E-state index contributed by atoms with van der Waals surface area (Å²) in [6.45, 7) is 0. The van der Waals surface area contributed by atoms with Crippen molar-refractivity contribution in [1.29, 1.82) is 0 Å². The molecule has 4 heteroatoms. The van der Waals surface area contributed by atoms with Gasteiger partial charge in [0.05, 0.1) is 25.7 Å². The summed E-state index contributed by atoms with van der Waals surface area (Å²) in [4.78, 5) is 0. The number of fused-ring (bicyclic) bond motifs is 1. The minimum atomic E-state index is 0.601. The van der Waals surface area contributed by atoms with Gasteiger partial charge >= 0.3 is 0 Å². The SMILES string of the molecule is COc1cc2[c]c[n+]([O-])cc2cc1OC. The lowest BCUT2D eigenvalue weighted by Crippen LogP contribution is -2.23. The van der Waals surface area contributed by atoms with Gasteiger partial charge in [0.25, 0.3) is 0 Å². The van der Waals surface area contributed by atoms with E-state index in [4.69, 9.17) is 9.47 Å². The summed E-state index contributed by atoms with van der Waals surface area (Å²) in [6, 6.07) is 6.39. The van der Waals surface area contributed by atoms with Crippen molar-refractivity contribution in [2.45, 2.75) is 0 Å². The zero-order valence-electron chi connectivity index (χ0n) is 8.48. The summed E-state index contributed by atoms with van der Waals surface area (Å²) in [7, 11) is 3.13. The molecule has 0 saturated heterocycles. The number of ether oxygens (including phenoxy) is 2. The smallest absolute Gasteiger partial charge is 0.189 e. The second-order valence-electron chi connectivity index (χ2n) is 3.06. The zero-order chi connectivity index (χ0) is 10.8. The van der Waals surface area contributed by atoms with E-state index in [1.807, 2.05) is 0 Å². The number of hydrogen-bond acceptors (Lipinski definition) is 3. The van der Waals surface area contributed by atoms with Gasteiger partial charge in [-0.1, -0.05) is 0 Å². The quantitative estimate of drug-likeness (QED) is 0.547. The minimum absolute atomic E-state index is 0.601. The Bertz CT molecular complexity index is 496. The van der Waals surface area contributed by atoms with E-state index in [-0.39, 0.29) is 0 Å². The van der Waals surface area contributed by atoms with Crippen LogP contribution in [0.15, 0.2) is 24.5 Å². The van der Waals surface area contributed by atoms with Crippen LogP contribution in [-0.4, -0.2) is 14.2 Å². The lowest BCUT2D eigenvalue weighted by Gasteiger charge is -2.08. The molecule has 77 valence electrons. The van der Waals surface area contributed by atoms with Crippen LogP contribution in [0.3, 0.4) is 0 Å². The van der Waals surface area contributed by atoms with Gasteiger partial charge in [0, 0.05) is 5.39 Å². The zero-order valence-corrected chi connectivity index (χ0v) is 8.48. The van der Waals surface area contributed by atoms with Gasteiger partial charge in [-0.05, 0) is 12.1 Å². The van der Waals surface area contributed by atoms with Crippen molar-refractivity contribution in [3.8, 4) is 11.5 Å². The summed E-state index contributed by atoms with van der Waals surface area (Å²) < 4.78 is 11.0. The molecule has 1 aromatic carbocycles. The van der Waals surface area contributed by atoms with Gasteiger partial charge in [-0.3, -0.25) is 0 Å². The van der Waals surface area contributed by atoms with Gasteiger partial charge in [-0.15, -0.1) is 0 Å². The summed E-state index contributed by atoms with van der Waals surface area (Å²) in [5.41, 5.74) is 0. The van der Waals surface area contributed by atoms with Crippen molar-refractivity contribution < 1.29 is 14.2 Å². The summed E-state index contributed by atoms with van der Waals surface area (Å²) in [5, 5.41) is 12.6. The van der Waals surface area contributed by atoms with Gasteiger partial charge < -0.3 is 14.7 Å². The van der Waals surface area contributed by atoms with Gasteiger partial charge in [0.15, 0.2) is 23.9 Å². The highest BCUT2D eigenvalue weighted by molar-refractivity contribution is 5.84. The molecule has 0 aliphatic rings. The van der Waals surface area contributed by atoms with E-state index < -0.39 is 0 Å². The summed E-state index contributed by atoms with van der Waals surface area (Å²) in [5.74, 6) is 1.23. The third kappa shape index (κ3) is 1.66. The highest BCUT2D eigenvalue weighted by Gasteiger charge is 2.07. The highest BCUT2D eigenvalue weighted by atomic mass is 16.5. The first-order valence-corrected chi connectivity index (χ1v) is 4.41. The van der Waals surface area contributed by atoms with E-state index in [0.717, 1.165) is 10.8 Å². The van der Waals surface area contributed by atoms with Crippen LogP contribution in [0, 0.1) is 11.3 Å². The first-order valence-electron chi connectivity index (χ1n) is 4.41. The molecule has 1 heterocycles. The van der Waals surface area contributed by atoms with Crippen LogP contribution >= 0.6 is 0 Å². The first kappa shape index (κ1) is 9.58. The van der Waals surface area contributed by atoms with E-state index >= 15 is 0 Å². The maximum absolute atomic E-state index is 11.1. The Morgan fingerprint density at radius 3 is 2.53 bits per heavy atom. The number of benzene rings is 1. The van der Waals surface area contributed by atoms with Crippen LogP contribution in [0.2, 0.25) is 0 Å². The van der Waals surface area contributed by atoms with Crippen LogP contribution < -0.4 is 14.2 Å². The van der Waals surface area contributed by atoms with Gasteiger partial charge in [0.2, 0.25) is 0 Å². The second kappa shape index (κ2) is 3.65. The fourth-order valence-electron chi connectivity index (χ4n) is 1.43. The monoisotopic (exact) mass is 204 g/mol. The lowest BCUT2D eigenvalue weighted by atomic mass is 10.1. The first-order chi connectivity index (χ1) is 7.24. The lowest BCUT2D eigenvalue weighted by molar-refractivity contribution is -0.604. The van der Waals surface area contributed by atoms with Crippen molar-refractivity contribution in [3.05, 3.63) is 35.8 Å². The molecule has 15 heavy (non-hydrogen) atoms. The number of nitrogens with zero attached hydrogens (tertiary/aromatic N) is 1. The third-order valence-electron chi connectivity index (χ3n) is 2.17. The van der Waals surface area contributed by atoms with Crippen molar-refractivity contribution in [2.75, 3.05) is 14.2 Å². The van der Waals surface area contributed by atoms with E-state index in [9.17, 15) is 5.21 Å². The maximum Gasteiger partial charge on any atom is 0.189 e. The molecule has 4 nitrogen and oxygen atoms in total. The fourth-order valence-corrected chi connectivity index (χ4v) is 1.43. The topological polar surface area (TPSA) is 45.4 Å². The molecule has 0 N–H and O–H groups in total. The predicted octanol–water partition coefficient (Wildman–Crippen LogP) is 1.29. The molecular formula is C11H10NO3. The molecule has 0 fully saturated rings. The normalized spacial score (nSPS) is 10.3. The molecule has 0 saturated carbocycles. The molecule has 1 radical (unpaired) electrons. The second-order valence-corrected chi connectivity index (χ2v) is 3.06. The molecule has 0 aliphatic heterocycles. The van der Waals surface area contributed by atoms with E-state index in [2.05, 4.69) is 6.07 Å². The van der Waals surface area contributed by atoms with E-state index in [1.54, 1.807) is 26.4 Å². The molecule has 0 amide bonds. The summed E-state index contributed by atoms with van der Waals surface area (Å²) in [6.07, 6.45) is 2.79. The Morgan fingerprint density at radius 1 is 1.20 bits per heavy atom. The Labute approximate surface area is 87.2 Å². The molecule has 0 unspecified atom stereocenters. The van der Waals surface area contributed by atoms with Gasteiger partial charge in [-0.25, -0.2) is 0 Å². The number of pyridine rings is 1. The Morgan fingerprint density at radius 2 is 1.87 bits per heavy atom. The number of hydrogen-bond donors (Lipinski definition) is 0. The molecule has 1 aromatic heterocycles. The molecule has 2 aromatic rings. The highest BCUT2D eigenvalue weighted by Crippen LogP contribution is 2.30. The van der Waals surface area contributed by atoms with Crippen molar-refractivity contribution >= 4 is 10.8 Å². The molecule has 0 bridgehead atoms. The van der Waals surface area contributed by atoms with Crippen LogP contribution in [0.5, 0.6) is 11.5 Å². The number of aromatic nitrogens is 1. The van der Waals surface area contributed by atoms with Crippen LogP contribution in [-0.2, 0) is 0 Å². The summed E-state index contributed by atoms with van der Waals surface area (Å²) >= 11 is 0. The third-order valence-corrected chi connectivity index (χ3v) is 2.17. The van der Waals surface area contributed by atoms with Crippen molar-refractivity contribution in [2.24, 2.45) is 0 Å². The molecule has 2 rings (SSSR count). The van der Waals surface area contributed by atoms with Crippen molar-refractivity contribution in [3.63, 3.8) is 0 Å². The maximum atomic E-state index is 11.1. The minimum Gasteiger partial charge on any atom is -0.619 e. The van der Waals surface area contributed by atoms with Crippen LogP contribution in [0.25, 0.3) is 10.8 Å². The molecule has 0 aliphatic carbocycles. The van der Waals surface area contributed by atoms with E-state index in [1.165, 1.54) is 12.4 Å². The standard InChI is InChI=1S/C11H10NO3/c1-14-10-5-8-3-4-12(13)7-9(8)6-11(10)15-2/h4-7H,1-2H3. The average molecular weight is 204 g/mol. The Hall–Kier alpha value is -1.97. The Balaban J connectivity index is 2.69. The van der Waals surface area contributed by atoms with Crippen LogP contribution in [0.4, 0.5) is 0 Å². The Kier molecular flexibility index (Phi) is 2.33. The fraction of sp³-hybridized carbons (Fsp3) is 0.182.